The largest absolute Gasteiger partial charge is 0.305 e. The minimum atomic E-state index is -3.71. The van der Waals surface area contributed by atoms with Crippen molar-refractivity contribution in [1.29, 1.82) is 0 Å². The van der Waals surface area contributed by atoms with Crippen LogP contribution in [0, 0.1) is 5.92 Å². The molecule has 29 heavy (non-hydrogen) atoms. The van der Waals surface area contributed by atoms with Crippen LogP contribution in [0.15, 0.2) is 59.9 Å². The van der Waals surface area contributed by atoms with Crippen molar-refractivity contribution in [3.05, 3.63) is 66.4 Å². The third kappa shape index (κ3) is 3.54. The van der Waals surface area contributed by atoms with Gasteiger partial charge in [-0.05, 0) is 30.2 Å². The zero-order valence-corrected chi connectivity index (χ0v) is 16.9. The van der Waals surface area contributed by atoms with Crippen LogP contribution in [0.1, 0.15) is 30.0 Å². The molecule has 0 saturated carbocycles. The second-order valence-corrected chi connectivity index (χ2v) is 9.14. The van der Waals surface area contributed by atoms with Gasteiger partial charge in [0.1, 0.15) is 17.0 Å². The summed E-state index contributed by atoms with van der Waals surface area (Å²) in [5, 5.41) is 2.72. The molecule has 0 unspecified atom stereocenters. The van der Waals surface area contributed by atoms with Gasteiger partial charge >= 0.3 is 0 Å². The standard InChI is InChI=1S/C20H21N5O3S/c1-14(2)11-24-12-16-19(20(26)23-18-9-5-6-10-21-18)22-13-25(16)15-7-3-4-8-17(15)29(24,27)28/h3-10,13-14H,11-12H2,1-2H3,(H,21,23,26). The molecule has 0 atom stereocenters. The number of anilines is 1. The minimum absolute atomic E-state index is 0.0557. The highest BCUT2D eigenvalue weighted by Crippen LogP contribution is 2.31. The summed E-state index contributed by atoms with van der Waals surface area (Å²) in [6.45, 7) is 4.31. The molecule has 1 aliphatic heterocycles. The van der Waals surface area contributed by atoms with E-state index in [0.29, 0.717) is 23.7 Å². The van der Waals surface area contributed by atoms with Crippen LogP contribution in [-0.4, -0.2) is 39.7 Å². The number of carbonyl (C=O) groups excluding carboxylic acids is 1. The van der Waals surface area contributed by atoms with E-state index in [1.54, 1.807) is 53.2 Å². The molecule has 0 saturated heterocycles. The summed E-state index contributed by atoms with van der Waals surface area (Å²) < 4.78 is 29.7. The van der Waals surface area contributed by atoms with E-state index in [1.807, 2.05) is 13.8 Å². The Morgan fingerprint density at radius 3 is 2.62 bits per heavy atom. The van der Waals surface area contributed by atoms with E-state index in [1.165, 1.54) is 10.6 Å². The first-order valence-corrected chi connectivity index (χ1v) is 10.7. The maximum absolute atomic E-state index is 13.3. The summed E-state index contributed by atoms with van der Waals surface area (Å²) in [5.74, 6) is 0.0934. The molecule has 0 bridgehead atoms. The number of hydrogen-bond acceptors (Lipinski definition) is 5. The number of amides is 1. The highest BCUT2D eigenvalue weighted by molar-refractivity contribution is 7.89. The summed E-state index contributed by atoms with van der Waals surface area (Å²) in [6.07, 6.45) is 3.08. The Morgan fingerprint density at radius 1 is 1.14 bits per heavy atom. The van der Waals surface area contributed by atoms with Gasteiger partial charge in [0.15, 0.2) is 5.69 Å². The first-order chi connectivity index (χ1) is 13.9. The van der Waals surface area contributed by atoms with Gasteiger partial charge in [-0.15, -0.1) is 0 Å². The molecule has 150 valence electrons. The first kappa shape index (κ1) is 19.3. The zero-order valence-electron chi connectivity index (χ0n) is 16.1. The number of pyridine rings is 1. The second-order valence-electron chi connectivity index (χ2n) is 7.24. The Kier molecular flexibility index (Phi) is 4.93. The van der Waals surface area contributed by atoms with Crippen molar-refractivity contribution < 1.29 is 13.2 Å². The molecule has 2 aromatic heterocycles. The smallest absolute Gasteiger partial charge is 0.277 e. The molecule has 3 aromatic rings. The van der Waals surface area contributed by atoms with Gasteiger partial charge in [0, 0.05) is 12.7 Å². The van der Waals surface area contributed by atoms with Gasteiger partial charge in [0.25, 0.3) is 5.91 Å². The number of hydrogen-bond donors (Lipinski definition) is 1. The molecule has 1 aliphatic rings. The van der Waals surface area contributed by atoms with Crippen LogP contribution < -0.4 is 5.32 Å². The topological polar surface area (TPSA) is 97.2 Å². The Labute approximate surface area is 169 Å². The maximum atomic E-state index is 13.3. The number of fused-ring (bicyclic) bond motifs is 3. The second kappa shape index (κ2) is 7.41. The van der Waals surface area contributed by atoms with E-state index in [-0.39, 0.29) is 23.1 Å². The van der Waals surface area contributed by atoms with Crippen LogP contribution in [0.2, 0.25) is 0 Å². The zero-order chi connectivity index (χ0) is 20.6. The van der Waals surface area contributed by atoms with Crippen molar-refractivity contribution in [1.82, 2.24) is 18.8 Å². The van der Waals surface area contributed by atoms with Gasteiger partial charge in [0.2, 0.25) is 10.0 Å². The molecule has 0 spiro atoms. The molecule has 0 radical (unpaired) electrons. The molecule has 1 N–H and O–H groups in total. The van der Waals surface area contributed by atoms with Crippen molar-refractivity contribution in [2.45, 2.75) is 25.3 Å². The van der Waals surface area contributed by atoms with Gasteiger partial charge in [0.05, 0.1) is 17.9 Å². The van der Waals surface area contributed by atoms with Crippen molar-refractivity contribution in [2.75, 3.05) is 11.9 Å². The van der Waals surface area contributed by atoms with Gasteiger partial charge < -0.3 is 5.32 Å². The average molecular weight is 411 g/mol. The minimum Gasteiger partial charge on any atom is -0.305 e. The van der Waals surface area contributed by atoms with Crippen molar-refractivity contribution in [3.63, 3.8) is 0 Å². The summed E-state index contributed by atoms with van der Waals surface area (Å²) in [5.41, 5.74) is 1.18. The molecular weight excluding hydrogens is 390 g/mol. The fraction of sp³-hybridized carbons (Fsp3) is 0.250. The quantitative estimate of drug-likeness (QED) is 0.712. The number of aromatic nitrogens is 3. The Balaban J connectivity index is 1.82. The molecule has 1 aromatic carbocycles. The lowest BCUT2D eigenvalue weighted by Gasteiger charge is -2.22. The monoisotopic (exact) mass is 411 g/mol. The number of sulfonamides is 1. The predicted molar refractivity (Wildman–Crippen MR) is 108 cm³/mol. The van der Waals surface area contributed by atoms with E-state index in [4.69, 9.17) is 0 Å². The van der Waals surface area contributed by atoms with Crippen LogP contribution in [0.3, 0.4) is 0 Å². The normalized spacial score (nSPS) is 15.4. The van der Waals surface area contributed by atoms with Gasteiger partial charge in [-0.2, -0.15) is 4.31 Å². The van der Waals surface area contributed by atoms with E-state index in [0.717, 1.165) is 0 Å². The molecule has 0 aliphatic carbocycles. The predicted octanol–water partition coefficient (Wildman–Crippen LogP) is 2.68. The molecule has 1 amide bonds. The summed E-state index contributed by atoms with van der Waals surface area (Å²) in [4.78, 5) is 21.5. The maximum Gasteiger partial charge on any atom is 0.277 e. The Morgan fingerprint density at radius 2 is 1.90 bits per heavy atom. The highest BCUT2D eigenvalue weighted by atomic mass is 32.2. The van der Waals surface area contributed by atoms with Crippen molar-refractivity contribution in [3.8, 4) is 5.69 Å². The van der Waals surface area contributed by atoms with Gasteiger partial charge in [-0.25, -0.2) is 18.4 Å². The number of carbonyl (C=O) groups is 1. The number of rotatable bonds is 4. The van der Waals surface area contributed by atoms with Crippen LogP contribution in [0.5, 0.6) is 0 Å². The Bertz CT molecular complexity index is 1160. The van der Waals surface area contributed by atoms with E-state index in [9.17, 15) is 13.2 Å². The van der Waals surface area contributed by atoms with Crippen LogP contribution in [0.25, 0.3) is 5.69 Å². The average Bonchev–Trinajstić information content (AvgIpc) is 3.08. The van der Waals surface area contributed by atoms with Gasteiger partial charge in [-0.3, -0.25) is 9.36 Å². The number of imidazole rings is 1. The van der Waals surface area contributed by atoms with Gasteiger partial charge in [-0.1, -0.05) is 32.0 Å². The lowest BCUT2D eigenvalue weighted by molar-refractivity contribution is 0.102. The summed E-state index contributed by atoms with van der Waals surface area (Å²) >= 11 is 0. The Hall–Kier alpha value is -3.04. The fourth-order valence-electron chi connectivity index (χ4n) is 3.37. The lowest BCUT2D eigenvalue weighted by atomic mass is 10.2. The summed E-state index contributed by atoms with van der Waals surface area (Å²) in [6, 6.07) is 12.0. The first-order valence-electron chi connectivity index (χ1n) is 9.26. The summed E-state index contributed by atoms with van der Waals surface area (Å²) in [7, 11) is -3.71. The number of para-hydroxylation sites is 1. The van der Waals surface area contributed by atoms with Crippen LogP contribution >= 0.6 is 0 Å². The van der Waals surface area contributed by atoms with E-state index >= 15 is 0 Å². The molecule has 0 fully saturated rings. The SMILES string of the molecule is CC(C)CN1Cc2c(C(=O)Nc3ccccn3)ncn2-c2ccccc2S1(=O)=O. The van der Waals surface area contributed by atoms with Crippen LogP contribution in [-0.2, 0) is 16.6 Å². The molecule has 8 nitrogen and oxygen atoms in total. The fourth-order valence-corrected chi connectivity index (χ4v) is 5.12. The van der Waals surface area contributed by atoms with E-state index < -0.39 is 15.9 Å². The van der Waals surface area contributed by atoms with Crippen molar-refractivity contribution >= 4 is 21.7 Å². The molecule has 9 heteroatoms. The molecule has 4 rings (SSSR count). The third-order valence-corrected chi connectivity index (χ3v) is 6.48. The van der Waals surface area contributed by atoms with Crippen molar-refractivity contribution in [2.24, 2.45) is 5.92 Å². The van der Waals surface area contributed by atoms with Crippen LogP contribution in [0.4, 0.5) is 5.82 Å². The molecule has 3 heterocycles. The molecular formula is C20H21N5O3S. The third-order valence-electron chi connectivity index (χ3n) is 4.63. The highest BCUT2D eigenvalue weighted by Gasteiger charge is 2.35. The van der Waals surface area contributed by atoms with E-state index in [2.05, 4.69) is 15.3 Å². The lowest BCUT2D eigenvalue weighted by Crippen LogP contribution is -2.33. The number of nitrogens with zero attached hydrogens (tertiary/aromatic N) is 4. The number of nitrogens with one attached hydrogen (secondary N) is 1. The number of benzene rings is 1.